The van der Waals surface area contributed by atoms with Gasteiger partial charge in [-0.3, -0.25) is 4.79 Å². The molecule has 0 saturated carbocycles. The summed E-state index contributed by atoms with van der Waals surface area (Å²) < 4.78 is 0. The van der Waals surface area contributed by atoms with Crippen molar-refractivity contribution in [1.29, 1.82) is 0 Å². The molecule has 0 amide bonds. The van der Waals surface area contributed by atoms with Crippen LogP contribution >= 0.6 is 24.0 Å². The average Bonchev–Trinajstić information content (AvgIpc) is 2.88. The predicted molar refractivity (Wildman–Crippen MR) is 126 cm³/mol. The molecule has 1 atom stereocenters. The lowest BCUT2D eigenvalue weighted by Gasteiger charge is -2.36. The zero-order valence-electron chi connectivity index (χ0n) is 17.4. The number of carboxylic acid groups (broad SMARTS) is 1. The quantitative estimate of drug-likeness (QED) is 0.648. The highest BCUT2D eigenvalue weighted by Crippen LogP contribution is 2.39. The minimum Gasteiger partial charge on any atom is -0.481 e. The number of hydrogen-bond donors (Lipinski definition) is 1. The number of fused-ring (bicyclic) bond motifs is 2. The van der Waals surface area contributed by atoms with Gasteiger partial charge in [-0.2, -0.15) is 0 Å². The fraction of sp³-hybridized carbons (Fsp3) is 0.458. The van der Waals surface area contributed by atoms with Crippen LogP contribution in [-0.2, 0) is 17.6 Å². The van der Waals surface area contributed by atoms with Gasteiger partial charge in [0.2, 0.25) is 0 Å². The van der Waals surface area contributed by atoms with Gasteiger partial charge in [0.05, 0.1) is 5.92 Å². The fourth-order valence-corrected chi connectivity index (χ4v) is 4.87. The monoisotopic (exact) mass is 448 g/mol. The molecule has 2 aliphatic rings. The maximum atomic E-state index is 11.2. The Balaban J connectivity index is 0.00000256. The Labute approximate surface area is 190 Å². The van der Waals surface area contributed by atoms with Crippen LogP contribution in [0.2, 0.25) is 5.02 Å². The second-order valence-corrected chi connectivity index (χ2v) is 8.80. The first-order chi connectivity index (χ1) is 14.0. The molecule has 0 bridgehead atoms. The third-order valence-corrected chi connectivity index (χ3v) is 6.70. The number of benzene rings is 2. The molecule has 0 spiro atoms. The maximum Gasteiger partial charge on any atom is 0.306 e. The highest BCUT2D eigenvalue weighted by atomic mass is 35.5. The number of carbonyl (C=O) groups is 1. The van der Waals surface area contributed by atoms with Crippen LogP contribution < -0.4 is 4.90 Å². The summed E-state index contributed by atoms with van der Waals surface area (Å²) in [6.07, 6.45) is 4.60. The number of likely N-dealkylation sites (tertiary alicyclic amines) is 1. The van der Waals surface area contributed by atoms with E-state index in [0.717, 1.165) is 56.8 Å². The van der Waals surface area contributed by atoms with Gasteiger partial charge >= 0.3 is 5.97 Å². The molecule has 2 heterocycles. The van der Waals surface area contributed by atoms with Crippen molar-refractivity contribution in [2.75, 3.05) is 24.5 Å². The largest absolute Gasteiger partial charge is 0.481 e. The molecule has 1 saturated heterocycles. The number of piperidine rings is 1. The Kier molecular flexibility index (Phi) is 7.67. The number of rotatable bonds is 5. The van der Waals surface area contributed by atoms with E-state index in [1.165, 1.54) is 22.5 Å². The molecule has 0 aliphatic carbocycles. The molecule has 1 N–H and O–H groups in total. The Morgan fingerprint density at radius 2 is 1.77 bits per heavy atom. The van der Waals surface area contributed by atoms with Gasteiger partial charge in [-0.1, -0.05) is 35.9 Å². The van der Waals surface area contributed by atoms with Crippen molar-refractivity contribution in [1.82, 2.24) is 4.90 Å². The van der Waals surface area contributed by atoms with Crippen LogP contribution in [0.4, 0.5) is 11.4 Å². The van der Waals surface area contributed by atoms with E-state index in [-0.39, 0.29) is 18.3 Å². The lowest BCUT2D eigenvalue weighted by Crippen LogP contribution is -2.39. The minimum atomic E-state index is -0.646. The fourth-order valence-electron chi connectivity index (χ4n) is 4.71. The number of aliphatic carboxylic acids is 1. The molecule has 6 heteroatoms. The van der Waals surface area contributed by atoms with Crippen molar-refractivity contribution < 1.29 is 9.90 Å². The van der Waals surface area contributed by atoms with Crippen molar-refractivity contribution in [2.24, 2.45) is 5.92 Å². The van der Waals surface area contributed by atoms with Gasteiger partial charge in [0.15, 0.2) is 0 Å². The molecule has 162 valence electrons. The van der Waals surface area contributed by atoms with Crippen LogP contribution in [0, 0.1) is 5.92 Å². The summed E-state index contributed by atoms with van der Waals surface area (Å²) in [5.41, 5.74) is 5.24. The number of halogens is 2. The van der Waals surface area contributed by atoms with Crippen LogP contribution in [0.5, 0.6) is 0 Å². The Hall–Kier alpha value is -1.75. The van der Waals surface area contributed by atoms with Crippen molar-refractivity contribution in [3.63, 3.8) is 0 Å². The molecule has 4 nitrogen and oxygen atoms in total. The van der Waals surface area contributed by atoms with Crippen LogP contribution in [0.15, 0.2) is 42.5 Å². The zero-order valence-corrected chi connectivity index (χ0v) is 19.0. The lowest BCUT2D eigenvalue weighted by atomic mass is 9.97. The van der Waals surface area contributed by atoms with Crippen LogP contribution in [0.1, 0.15) is 37.3 Å². The van der Waals surface area contributed by atoms with Crippen molar-refractivity contribution in [3.8, 4) is 0 Å². The molecule has 1 unspecified atom stereocenters. The van der Waals surface area contributed by atoms with E-state index in [1.807, 2.05) is 6.07 Å². The third kappa shape index (κ3) is 4.93. The first-order valence-electron chi connectivity index (χ1n) is 10.6. The summed E-state index contributed by atoms with van der Waals surface area (Å²) in [6, 6.07) is 15.3. The van der Waals surface area contributed by atoms with Crippen molar-refractivity contribution in [2.45, 2.75) is 45.1 Å². The summed E-state index contributed by atoms with van der Waals surface area (Å²) in [4.78, 5) is 16.1. The van der Waals surface area contributed by atoms with E-state index in [2.05, 4.69) is 53.1 Å². The molecular formula is C24H30Cl2N2O2. The van der Waals surface area contributed by atoms with Crippen molar-refractivity contribution >= 4 is 41.4 Å². The number of anilines is 2. The normalized spacial score (nSPS) is 18.0. The molecule has 30 heavy (non-hydrogen) atoms. The van der Waals surface area contributed by atoms with E-state index in [1.54, 1.807) is 0 Å². The smallest absolute Gasteiger partial charge is 0.306 e. The summed E-state index contributed by atoms with van der Waals surface area (Å²) in [6.45, 7) is 5.03. The Morgan fingerprint density at radius 1 is 1.10 bits per heavy atom. The zero-order chi connectivity index (χ0) is 20.4. The number of carboxylic acids is 1. The molecule has 1 fully saturated rings. The second kappa shape index (κ2) is 10.0. The van der Waals surface area contributed by atoms with Gasteiger partial charge in [0, 0.05) is 29.0 Å². The van der Waals surface area contributed by atoms with E-state index in [0.29, 0.717) is 6.04 Å². The molecule has 0 aromatic heterocycles. The van der Waals surface area contributed by atoms with E-state index < -0.39 is 5.97 Å². The van der Waals surface area contributed by atoms with Gasteiger partial charge in [0.25, 0.3) is 0 Å². The first-order valence-corrected chi connectivity index (χ1v) is 11.0. The number of aryl methyl sites for hydroxylation is 2. The Morgan fingerprint density at radius 3 is 2.47 bits per heavy atom. The summed E-state index contributed by atoms with van der Waals surface area (Å²) in [5.74, 6) is -0.817. The van der Waals surface area contributed by atoms with Gasteiger partial charge in [0.1, 0.15) is 0 Å². The van der Waals surface area contributed by atoms with Gasteiger partial charge in [-0.15, -0.1) is 12.4 Å². The van der Waals surface area contributed by atoms with Crippen LogP contribution in [0.25, 0.3) is 0 Å². The Bertz CT molecular complexity index is 881. The van der Waals surface area contributed by atoms with Crippen LogP contribution in [-0.4, -0.2) is 41.7 Å². The van der Waals surface area contributed by atoms with E-state index in [4.69, 9.17) is 11.6 Å². The highest BCUT2D eigenvalue weighted by molar-refractivity contribution is 6.30. The first kappa shape index (κ1) is 22.9. The van der Waals surface area contributed by atoms with Gasteiger partial charge < -0.3 is 14.9 Å². The molecule has 2 aromatic rings. The average molecular weight is 449 g/mol. The topological polar surface area (TPSA) is 43.8 Å². The lowest BCUT2D eigenvalue weighted by molar-refractivity contribution is -0.143. The third-order valence-electron chi connectivity index (χ3n) is 6.46. The molecule has 2 aromatic carbocycles. The van der Waals surface area contributed by atoms with E-state index in [9.17, 15) is 9.90 Å². The SMILES string of the molecule is CC(CCN1CCC(C(=O)O)CC1)N1c2ccccc2CCc2ccc(Cl)cc21.Cl. The predicted octanol–water partition coefficient (Wildman–Crippen LogP) is 5.57. The number of hydrogen-bond acceptors (Lipinski definition) is 3. The summed E-state index contributed by atoms with van der Waals surface area (Å²) >= 11 is 6.38. The molecule has 0 radical (unpaired) electrons. The van der Waals surface area contributed by atoms with Crippen molar-refractivity contribution in [3.05, 3.63) is 58.6 Å². The minimum absolute atomic E-state index is 0. The van der Waals surface area contributed by atoms with Gasteiger partial charge in [-0.05, 0) is 81.4 Å². The molecule has 2 aliphatic heterocycles. The highest BCUT2D eigenvalue weighted by Gasteiger charge is 2.27. The number of nitrogens with zero attached hydrogens (tertiary/aromatic N) is 2. The van der Waals surface area contributed by atoms with Gasteiger partial charge in [-0.25, -0.2) is 0 Å². The van der Waals surface area contributed by atoms with E-state index >= 15 is 0 Å². The molecular weight excluding hydrogens is 419 g/mol. The second-order valence-electron chi connectivity index (χ2n) is 8.36. The molecule has 4 rings (SSSR count). The number of para-hydroxylation sites is 1. The summed E-state index contributed by atoms with van der Waals surface area (Å²) in [7, 11) is 0. The maximum absolute atomic E-state index is 11.2. The standard InChI is InChI=1S/C24H29ClN2O2.ClH/c1-17(10-13-26-14-11-20(12-15-26)24(28)29)27-22-5-3-2-4-18(22)6-7-19-8-9-21(25)16-23(19)27;/h2-5,8-9,16-17,20H,6-7,10-15H2,1H3,(H,28,29);1H. The van der Waals surface area contributed by atoms with Crippen LogP contribution in [0.3, 0.4) is 0 Å². The summed E-state index contributed by atoms with van der Waals surface area (Å²) in [5, 5.41) is 9.99.